The van der Waals surface area contributed by atoms with Gasteiger partial charge in [-0.2, -0.15) is 0 Å². The van der Waals surface area contributed by atoms with Crippen molar-refractivity contribution >= 4 is 5.91 Å². The Kier molecular flexibility index (Phi) is 5.65. The SMILES string of the molecule is COc1ccc(CC(=O)NCC(O)C(C)C)cc1. The van der Waals surface area contributed by atoms with Crippen LogP contribution in [0.3, 0.4) is 0 Å². The molecule has 1 unspecified atom stereocenters. The van der Waals surface area contributed by atoms with E-state index in [4.69, 9.17) is 4.74 Å². The number of hydrogen-bond acceptors (Lipinski definition) is 3. The molecular formula is C14H21NO3. The third-order valence-corrected chi connectivity index (χ3v) is 2.80. The van der Waals surface area contributed by atoms with E-state index >= 15 is 0 Å². The van der Waals surface area contributed by atoms with Crippen molar-refractivity contribution in [3.05, 3.63) is 29.8 Å². The minimum Gasteiger partial charge on any atom is -0.497 e. The maximum atomic E-state index is 11.6. The number of aliphatic hydroxyl groups excluding tert-OH is 1. The predicted octanol–water partition coefficient (Wildman–Crippen LogP) is 1.37. The average Bonchev–Trinajstić information content (AvgIpc) is 2.36. The third kappa shape index (κ3) is 4.75. The Morgan fingerprint density at radius 1 is 1.33 bits per heavy atom. The number of methoxy groups -OCH3 is 1. The van der Waals surface area contributed by atoms with Crippen LogP contribution in [-0.4, -0.2) is 30.8 Å². The summed E-state index contributed by atoms with van der Waals surface area (Å²) in [5.41, 5.74) is 0.923. The summed E-state index contributed by atoms with van der Waals surface area (Å²) in [6.07, 6.45) is -0.181. The number of benzene rings is 1. The second kappa shape index (κ2) is 7.01. The molecule has 4 nitrogen and oxygen atoms in total. The maximum absolute atomic E-state index is 11.6. The highest BCUT2D eigenvalue weighted by Gasteiger charge is 2.10. The molecule has 1 rings (SSSR count). The minimum absolute atomic E-state index is 0.0835. The Morgan fingerprint density at radius 3 is 2.44 bits per heavy atom. The van der Waals surface area contributed by atoms with E-state index < -0.39 is 6.10 Å². The number of ether oxygens (including phenoxy) is 1. The Bertz CT molecular complexity index is 373. The van der Waals surface area contributed by atoms with Crippen LogP contribution in [0, 0.1) is 5.92 Å². The van der Waals surface area contributed by atoms with Crippen LogP contribution in [0.2, 0.25) is 0 Å². The molecule has 0 spiro atoms. The van der Waals surface area contributed by atoms with Gasteiger partial charge in [0.15, 0.2) is 0 Å². The molecule has 0 bridgehead atoms. The van der Waals surface area contributed by atoms with Crippen LogP contribution in [0.5, 0.6) is 5.75 Å². The number of aliphatic hydroxyl groups is 1. The topological polar surface area (TPSA) is 58.6 Å². The zero-order chi connectivity index (χ0) is 13.5. The van der Waals surface area contributed by atoms with E-state index in [1.807, 2.05) is 38.1 Å². The number of hydrogen-bond donors (Lipinski definition) is 2. The molecule has 0 radical (unpaired) electrons. The summed E-state index contributed by atoms with van der Waals surface area (Å²) in [4.78, 5) is 11.6. The molecule has 0 aliphatic heterocycles. The van der Waals surface area contributed by atoms with E-state index in [1.54, 1.807) is 7.11 Å². The van der Waals surface area contributed by atoms with Crippen LogP contribution in [0.25, 0.3) is 0 Å². The molecule has 1 atom stereocenters. The van der Waals surface area contributed by atoms with E-state index in [0.717, 1.165) is 11.3 Å². The van der Waals surface area contributed by atoms with Crippen LogP contribution < -0.4 is 10.1 Å². The molecule has 0 fully saturated rings. The molecule has 1 amide bonds. The van der Waals surface area contributed by atoms with Gasteiger partial charge in [-0.3, -0.25) is 4.79 Å². The van der Waals surface area contributed by atoms with Crippen molar-refractivity contribution in [2.75, 3.05) is 13.7 Å². The molecule has 0 heterocycles. The summed E-state index contributed by atoms with van der Waals surface area (Å²) >= 11 is 0. The molecule has 0 aliphatic carbocycles. The second-order valence-electron chi connectivity index (χ2n) is 4.64. The second-order valence-corrected chi connectivity index (χ2v) is 4.64. The first kappa shape index (κ1) is 14.5. The lowest BCUT2D eigenvalue weighted by molar-refractivity contribution is -0.121. The van der Waals surface area contributed by atoms with Crippen molar-refractivity contribution in [2.45, 2.75) is 26.4 Å². The lowest BCUT2D eigenvalue weighted by Gasteiger charge is -2.15. The first-order valence-corrected chi connectivity index (χ1v) is 6.10. The summed E-state index contributed by atoms with van der Waals surface area (Å²) in [7, 11) is 1.61. The summed E-state index contributed by atoms with van der Waals surface area (Å²) in [5.74, 6) is 0.834. The van der Waals surface area contributed by atoms with Gasteiger partial charge in [0, 0.05) is 6.54 Å². The third-order valence-electron chi connectivity index (χ3n) is 2.80. The lowest BCUT2D eigenvalue weighted by Crippen LogP contribution is -2.35. The quantitative estimate of drug-likeness (QED) is 0.803. The summed E-state index contributed by atoms with van der Waals surface area (Å²) in [5, 5.41) is 12.3. The van der Waals surface area contributed by atoms with Gasteiger partial charge < -0.3 is 15.2 Å². The van der Waals surface area contributed by atoms with E-state index in [1.165, 1.54) is 0 Å². The Labute approximate surface area is 108 Å². The molecule has 0 saturated carbocycles. The first-order valence-electron chi connectivity index (χ1n) is 6.10. The van der Waals surface area contributed by atoms with Crippen LogP contribution in [-0.2, 0) is 11.2 Å². The Balaban J connectivity index is 2.39. The minimum atomic E-state index is -0.496. The zero-order valence-corrected chi connectivity index (χ0v) is 11.1. The largest absolute Gasteiger partial charge is 0.497 e. The molecule has 1 aromatic rings. The molecule has 1 aromatic carbocycles. The Morgan fingerprint density at radius 2 is 1.94 bits per heavy atom. The molecule has 18 heavy (non-hydrogen) atoms. The summed E-state index contributed by atoms with van der Waals surface area (Å²) in [6, 6.07) is 7.37. The molecule has 4 heteroatoms. The fourth-order valence-electron chi connectivity index (χ4n) is 1.45. The van der Waals surface area contributed by atoms with Gasteiger partial charge in [0.2, 0.25) is 5.91 Å². The predicted molar refractivity (Wildman–Crippen MR) is 70.6 cm³/mol. The fourth-order valence-corrected chi connectivity index (χ4v) is 1.45. The van der Waals surface area contributed by atoms with Crippen molar-refractivity contribution in [3.63, 3.8) is 0 Å². The van der Waals surface area contributed by atoms with Crippen LogP contribution in [0.4, 0.5) is 0 Å². The van der Waals surface area contributed by atoms with Gasteiger partial charge >= 0.3 is 0 Å². The van der Waals surface area contributed by atoms with Crippen molar-refractivity contribution in [1.29, 1.82) is 0 Å². The number of carbonyl (C=O) groups excluding carboxylic acids is 1. The van der Waals surface area contributed by atoms with Gasteiger partial charge in [-0.05, 0) is 23.6 Å². The van der Waals surface area contributed by atoms with Gasteiger partial charge in [-0.25, -0.2) is 0 Å². The van der Waals surface area contributed by atoms with Crippen molar-refractivity contribution < 1.29 is 14.6 Å². The molecule has 0 aromatic heterocycles. The molecule has 100 valence electrons. The highest BCUT2D eigenvalue weighted by atomic mass is 16.5. The van der Waals surface area contributed by atoms with Crippen LogP contribution in [0.15, 0.2) is 24.3 Å². The lowest BCUT2D eigenvalue weighted by atomic mass is 10.1. The van der Waals surface area contributed by atoms with E-state index in [-0.39, 0.29) is 11.8 Å². The number of amides is 1. The smallest absolute Gasteiger partial charge is 0.224 e. The maximum Gasteiger partial charge on any atom is 0.224 e. The summed E-state index contributed by atoms with van der Waals surface area (Å²) in [6.45, 7) is 4.13. The van der Waals surface area contributed by atoms with Crippen LogP contribution >= 0.6 is 0 Å². The number of carbonyl (C=O) groups is 1. The van der Waals surface area contributed by atoms with E-state index in [0.29, 0.717) is 13.0 Å². The fraction of sp³-hybridized carbons (Fsp3) is 0.500. The van der Waals surface area contributed by atoms with E-state index in [9.17, 15) is 9.90 Å². The molecule has 0 aliphatic rings. The highest BCUT2D eigenvalue weighted by Crippen LogP contribution is 2.11. The Hall–Kier alpha value is -1.55. The zero-order valence-electron chi connectivity index (χ0n) is 11.1. The summed E-state index contributed by atoms with van der Waals surface area (Å²) < 4.78 is 5.05. The number of rotatable bonds is 6. The van der Waals surface area contributed by atoms with Crippen molar-refractivity contribution in [1.82, 2.24) is 5.32 Å². The molecule has 2 N–H and O–H groups in total. The van der Waals surface area contributed by atoms with Crippen molar-refractivity contribution in [3.8, 4) is 5.75 Å². The highest BCUT2D eigenvalue weighted by molar-refractivity contribution is 5.78. The normalized spacial score (nSPS) is 12.3. The van der Waals surface area contributed by atoms with E-state index in [2.05, 4.69) is 5.32 Å². The molecular weight excluding hydrogens is 230 g/mol. The van der Waals surface area contributed by atoms with Crippen LogP contribution in [0.1, 0.15) is 19.4 Å². The average molecular weight is 251 g/mol. The number of nitrogens with one attached hydrogen (secondary N) is 1. The van der Waals surface area contributed by atoms with Gasteiger partial charge in [0.25, 0.3) is 0 Å². The monoisotopic (exact) mass is 251 g/mol. The van der Waals surface area contributed by atoms with Crippen molar-refractivity contribution in [2.24, 2.45) is 5.92 Å². The standard InChI is InChI=1S/C14H21NO3/c1-10(2)13(16)9-15-14(17)8-11-4-6-12(18-3)7-5-11/h4-7,10,13,16H,8-9H2,1-3H3,(H,15,17). The van der Waals surface area contributed by atoms with Gasteiger partial charge in [-0.1, -0.05) is 26.0 Å². The van der Waals surface area contributed by atoms with Gasteiger partial charge in [0.05, 0.1) is 19.6 Å². The van der Waals surface area contributed by atoms with Gasteiger partial charge in [-0.15, -0.1) is 0 Å². The first-order chi connectivity index (χ1) is 8.52. The van der Waals surface area contributed by atoms with Gasteiger partial charge in [0.1, 0.15) is 5.75 Å². The molecule has 0 saturated heterocycles.